The van der Waals surface area contributed by atoms with Crippen LogP contribution in [-0.4, -0.2) is 13.4 Å². The van der Waals surface area contributed by atoms with E-state index < -0.39 is 0 Å². The van der Waals surface area contributed by atoms with Gasteiger partial charge in [0.25, 0.3) is 0 Å². The van der Waals surface area contributed by atoms with Gasteiger partial charge in [-0.15, -0.1) is 0 Å². The molecule has 0 aromatic heterocycles. The molecule has 0 aliphatic heterocycles. The molecule has 0 saturated heterocycles. The Kier molecular flexibility index (Phi) is 2.69. The quantitative estimate of drug-likeness (QED) is 0.313. The summed E-state index contributed by atoms with van der Waals surface area (Å²) >= 11 is 0. The predicted molar refractivity (Wildman–Crippen MR) is 30.0 cm³/mol. The molecule has 3 heteroatoms. The normalized spacial score (nSPS) is 12.2. The zero-order valence-electron chi connectivity index (χ0n) is 4.97. The number of ether oxygens (including phenoxy) is 1. The maximum atomic E-state index is 9.91. The molecule has 0 aromatic carbocycles. The van der Waals surface area contributed by atoms with Crippen LogP contribution in [-0.2, 0) is 9.53 Å². The fraction of sp³-hybridized carbons (Fsp3) is 0.400. The second-order valence-corrected chi connectivity index (χ2v) is 1.37. The number of rotatable bonds is 2. The molecule has 0 saturated carbocycles. The van der Waals surface area contributed by atoms with Gasteiger partial charge in [0.05, 0.1) is 12.8 Å². The lowest BCUT2D eigenvalue weighted by molar-refractivity contribution is -0.107. The van der Waals surface area contributed by atoms with Crippen LogP contribution in [0.2, 0.25) is 0 Å². The molecule has 0 rings (SSSR count). The van der Waals surface area contributed by atoms with Crippen LogP contribution < -0.4 is 5.73 Å². The van der Waals surface area contributed by atoms with Crippen LogP contribution in [0, 0.1) is 0 Å². The summed E-state index contributed by atoms with van der Waals surface area (Å²) in [5, 5.41) is 0. The molecular formula is C5H9NO2. The number of hydrogen-bond donors (Lipinski definition) is 1. The van der Waals surface area contributed by atoms with E-state index in [0.717, 1.165) is 0 Å². The number of carbonyl (C=O) groups is 1. The molecule has 0 radical (unpaired) electrons. The van der Waals surface area contributed by atoms with Crippen molar-refractivity contribution in [2.45, 2.75) is 6.92 Å². The van der Waals surface area contributed by atoms with E-state index in [2.05, 4.69) is 4.74 Å². The summed E-state index contributed by atoms with van der Waals surface area (Å²) in [7, 11) is 1.40. The minimum atomic E-state index is 0.199. The summed E-state index contributed by atoms with van der Waals surface area (Å²) in [5.41, 5.74) is 5.59. The summed E-state index contributed by atoms with van der Waals surface area (Å²) in [6, 6.07) is 0. The Bertz CT molecular complexity index is 114. The zero-order chi connectivity index (χ0) is 6.57. The number of hydrogen-bond acceptors (Lipinski definition) is 3. The molecule has 0 aliphatic carbocycles. The number of allylic oxidation sites excluding steroid dienone is 2. The Morgan fingerprint density at radius 3 is 2.25 bits per heavy atom. The molecule has 0 fully saturated rings. The Labute approximate surface area is 48.1 Å². The molecule has 0 unspecified atom stereocenters. The SMILES string of the molecule is COC(C=O)=C(C)N. The summed E-state index contributed by atoms with van der Waals surface area (Å²) in [6.45, 7) is 1.60. The summed E-state index contributed by atoms with van der Waals surface area (Å²) in [6.07, 6.45) is 0.579. The first-order valence-electron chi connectivity index (χ1n) is 2.18. The van der Waals surface area contributed by atoms with E-state index in [-0.39, 0.29) is 5.76 Å². The molecule has 0 aliphatic rings. The fourth-order valence-corrected chi connectivity index (χ4v) is 0.302. The fourth-order valence-electron chi connectivity index (χ4n) is 0.302. The van der Waals surface area contributed by atoms with E-state index in [0.29, 0.717) is 12.0 Å². The van der Waals surface area contributed by atoms with Gasteiger partial charge in [-0.1, -0.05) is 0 Å². The van der Waals surface area contributed by atoms with Crippen LogP contribution in [0.3, 0.4) is 0 Å². The average Bonchev–Trinajstić information content (AvgIpc) is 1.69. The smallest absolute Gasteiger partial charge is 0.186 e. The zero-order valence-corrected chi connectivity index (χ0v) is 4.97. The first-order valence-corrected chi connectivity index (χ1v) is 2.18. The van der Waals surface area contributed by atoms with E-state index in [4.69, 9.17) is 5.73 Å². The summed E-state index contributed by atoms with van der Waals surface area (Å²) in [5.74, 6) is 0.199. The van der Waals surface area contributed by atoms with E-state index in [1.165, 1.54) is 7.11 Å². The van der Waals surface area contributed by atoms with Crippen molar-refractivity contribution in [3.05, 3.63) is 11.5 Å². The average molecular weight is 115 g/mol. The minimum Gasteiger partial charge on any atom is -0.492 e. The second kappa shape index (κ2) is 3.07. The van der Waals surface area contributed by atoms with Gasteiger partial charge >= 0.3 is 0 Å². The lowest BCUT2D eigenvalue weighted by atomic mass is 10.4. The highest BCUT2D eigenvalue weighted by Gasteiger charge is 1.92. The molecule has 0 amide bonds. The molecule has 0 heterocycles. The van der Waals surface area contributed by atoms with Crippen molar-refractivity contribution in [3.8, 4) is 0 Å². The molecular weight excluding hydrogens is 106 g/mol. The maximum absolute atomic E-state index is 9.91. The van der Waals surface area contributed by atoms with Crippen LogP contribution in [0.4, 0.5) is 0 Å². The molecule has 0 atom stereocenters. The van der Waals surface area contributed by atoms with Crippen molar-refractivity contribution in [3.63, 3.8) is 0 Å². The Balaban J connectivity index is 4.07. The van der Waals surface area contributed by atoms with Crippen molar-refractivity contribution < 1.29 is 9.53 Å². The van der Waals surface area contributed by atoms with Crippen molar-refractivity contribution in [1.29, 1.82) is 0 Å². The predicted octanol–water partition coefficient (Wildman–Crippen LogP) is 0.0219. The standard InChI is InChI=1S/C5H9NO2/c1-4(6)5(3-7)8-2/h3H,6H2,1-2H3. The Hall–Kier alpha value is -0.990. The van der Waals surface area contributed by atoms with E-state index in [1.54, 1.807) is 6.92 Å². The number of aldehydes is 1. The third kappa shape index (κ3) is 1.64. The van der Waals surface area contributed by atoms with E-state index >= 15 is 0 Å². The Morgan fingerprint density at radius 2 is 2.25 bits per heavy atom. The number of carbonyl (C=O) groups excluding carboxylic acids is 1. The minimum absolute atomic E-state index is 0.199. The highest BCUT2D eigenvalue weighted by molar-refractivity contribution is 5.70. The molecule has 0 aromatic rings. The van der Waals surface area contributed by atoms with Gasteiger partial charge in [0.15, 0.2) is 12.0 Å². The highest BCUT2D eigenvalue weighted by atomic mass is 16.5. The lowest BCUT2D eigenvalue weighted by Crippen LogP contribution is -2.00. The van der Waals surface area contributed by atoms with Gasteiger partial charge < -0.3 is 10.5 Å². The van der Waals surface area contributed by atoms with Crippen LogP contribution >= 0.6 is 0 Å². The van der Waals surface area contributed by atoms with Crippen LogP contribution in [0.1, 0.15) is 6.92 Å². The topological polar surface area (TPSA) is 52.3 Å². The van der Waals surface area contributed by atoms with Gasteiger partial charge in [-0.25, -0.2) is 0 Å². The van der Waals surface area contributed by atoms with Gasteiger partial charge in [-0.3, -0.25) is 4.79 Å². The van der Waals surface area contributed by atoms with Crippen molar-refractivity contribution in [1.82, 2.24) is 0 Å². The van der Waals surface area contributed by atoms with Crippen LogP contribution in [0.15, 0.2) is 11.5 Å². The van der Waals surface area contributed by atoms with Gasteiger partial charge in [-0.05, 0) is 6.92 Å². The maximum Gasteiger partial charge on any atom is 0.186 e. The monoisotopic (exact) mass is 115 g/mol. The molecule has 0 spiro atoms. The molecule has 2 N–H and O–H groups in total. The third-order valence-corrected chi connectivity index (χ3v) is 0.716. The van der Waals surface area contributed by atoms with Crippen molar-refractivity contribution in [2.24, 2.45) is 5.73 Å². The highest BCUT2D eigenvalue weighted by Crippen LogP contribution is 1.92. The van der Waals surface area contributed by atoms with Crippen molar-refractivity contribution in [2.75, 3.05) is 7.11 Å². The first kappa shape index (κ1) is 7.01. The first-order chi connectivity index (χ1) is 3.72. The largest absolute Gasteiger partial charge is 0.492 e. The van der Waals surface area contributed by atoms with Gasteiger partial charge in [-0.2, -0.15) is 0 Å². The van der Waals surface area contributed by atoms with Gasteiger partial charge in [0.2, 0.25) is 0 Å². The molecule has 46 valence electrons. The molecule has 8 heavy (non-hydrogen) atoms. The number of methoxy groups -OCH3 is 1. The van der Waals surface area contributed by atoms with Gasteiger partial charge in [0, 0.05) is 0 Å². The number of nitrogens with two attached hydrogens (primary N) is 1. The van der Waals surface area contributed by atoms with E-state index in [1.807, 2.05) is 0 Å². The third-order valence-electron chi connectivity index (χ3n) is 0.716. The van der Waals surface area contributed by atoms with Crippen molar-refractivity contribution >= 4 is 6.29 Å². The molecule has 0 bridgehead atoms. The Morgan fingerprint density at radius 1 is 1.75 bits per heavy atom. The lowest BCUT2D eigenvalue weighted by Gasteiger charge is -1.96. The van der Waals surface area contributed by atoms with Crippen LogP contribution in [0.25, 0.3) is 0 Å². The van der Waals surface area contributed by atoms with E-state index in [9.17, 15) is 4.79 Å². The summed E-state index contributed by atoms with van der Waals surface area (Å²) < 4.78 is 4.55. The summed E-state index contributed by atoms with van der Waals surface area (Å²) in [4.78, 5) is 9.91. The second-order valence-electron chi connectivity index (χ2n) is 1.37. The van der Waals surface area contributed by atoms with Crippen LogP contribution in [0.5, 0.6) is 0 Å². The van der Waals surface area contributed by atoms with Gasteiger partial charge in [0.1, 0.15) is 0 Å². The molecule has 3 nitrogen and oxygen atoms in total.